The molecule has 1 N–H and O–H groups in total. The molecule has 1 heterocycles. The summed E-state index contributed by atoms with van der Waals surface area (Å²) in [6.45, 7) is 0. The zero-order valence-electron chi connectivity index (χ0n) is 13.7. The number of nitriles is 1. The Morgan fingerprint density at radius 2 is 2.08 bits per heavy atom. The van der Waals surface area contributed by atoms with Crippen LogP contribution in [0.2, 0.25) is 0 Å². The fourth-order valence-electron chi connectivity index (χ4n) is 2.56. The number of hydrogen-bond acceptors (Lipinski definition) is 5. The van der Waals surface area contributed by atoms with Crippen LogP contribution in [-0.2, 0) is 0 Å². The summed E-state index contributed by atoms with van der Waals surface area (Å²) in [5.41, 5.74) is 2.95. The number of imidazole rings is 1. The maximum Gasteiger partial charge on any atom is 0.293 e. The number of aromatic nitrogens is 2. The molecular weight excluding hydrogens is 318 g/mol. The average Bonchev–Trinajstić information content (AvgIpc) is 3.03. The number of allylic oxidation sites excluding steroid dienone is 1. The first-order valence-electron chi connectivity index (χ1n) is 7.52. The van der Waals surface area contributed by atoms with Gasteiger partial charge in [0.25, 0.3) is 5.69 Å². The SMILES string of the molecule is CN(C)c1ccc(/C=C(\C#N)c2nc3ccccc3[nH]2)cc1[N+](=O)[O-]. The smallest absolute Gasteiger partial charge is 0.293 e. The minimum atomic E-state index is -0.431. The molecule has 0 atom stereocenters. The molecule has 0 aliphatic carbocycles. The third kappa shape index (κ3) is 3.19. The van der Waals surface area contributed by atoms with Gasteiger partial charge in [-0.1, -0.05) is 18.2 Å². The van der Waals surface area contributed by atoms with Crippen LogP contribution >= 0.6 is 0 Å². The van der Waals surface area contributed by atoms with Crippen LogP contribution < -0.4 is 4.90 Å². The number of H-pyrrole nitrogens is 1. The second-order valence-electron chi connectivity index (χ2n) is 5.67. The highest BCUT2D eigenvalue weighted by molar-refractivity contribution is 5.90. The number of fused-ring (bicyclic) bond motifs is 1. The van der Waals surface area contributed by atoms with Gasteiger partial charge in [0.2, 0.25) is 0 Å². The molecule has 0 aliphatic rings. The van der Waals surface area contributed by atoms with Gasteiger partial charge in [-0.3, -0.25) is 10.1 Å². The summed E-state index contributed by atoms with van der Waals surface area (Å²) in [4.78, 5) is 20.0. The van der Waals surface area contributed by atoms with Gasteiger partial charge in [-0.05, 0) is 29.8 Å². The Morgan fingerprint density at radius 1 is 1.32 bits per heavy atom. The Labute approximate surface area is 144 Å². The van der Waals surface area contributed by atoms with Crippen molar-refractivity contribution in [2.75, 3.05) is 19.0 Å². The van der Waals surface area contributed by atoms with Crippen LogP contribution in [0.5, 0.6) is 0 Å². The fraction of sp³-hybridized carbons (Fsp3) is 0.111. The molecule has 1 aromatic heterocycles. The Balaban J connectivity index is 2.07. The van der Waals surface area contributed by atoms with Gasteiger partial charge >= 0.3 is 0 Å². The van der Waals surface area contributed by atoms with Crippen LogP contribution in [0.25, 0.3) is 22.7 Å². The molecule has 7 heteroatoms. The molecule has 0 aliphatic heterocycles. The lowest BCUT2D eigenvalue weighted by Gasteiger charge is -2.12. The minimum absolute atomic E-state index is 0.0133. The lowest BCUT2D eigenvalue weighted by molar-refractivity contribution is -0.384. The third-order valence-electron chi connectivity index (χ3n) is 3.75. The van der Waals surface area contributed by atoms with Crippen molar-refractivity contribution < 1.29 is 4.92 Å². The molecule has 0 saturated heterocycles. The summed E-state index contributed by atoms with van der Waals surface area (Å²) < 4.78 is 0. The zero-order valence-corrected chi connectivity index (χ0v) is 13.7. The number of aromatic amines is 1. The summed E-state index contributed by atoms with van der Waals surface area (Å²) in [7, 11) is 3.49. The molecular formula is C18H15N5O2. The topological polar surface area (TPSA) is 98.8 Å². The molecule has 0 fully saturated rings. The van der Waals surface area contributed by atoms with E-state index < -0.39 is 4.92 Å². The van der Waals surface area contributed by atoms with Crippen molar-refractivity contribution in [1.82, 2.24) is 9.97 Å². The van der Waals surface area contributed by atoms with Gasteiger partial charge < -0.3 is 9.88 Å². The monoisotopic (exact) mass is 333 g/mol. The first kappa shape index (κ1) is 16.2. The number of nitro groups is 1. The fourth-order valence-corrected chi connectivity index (χ4v) is 2.56. The van der Waals surface area contributed by atoms with E-state index in [-0.39, 0.29) is 5.69 Å². The van der Waals surface area contributed by atoms with E-state index >= 15 is 0 Å². The van der Waals surface area contributed by atoms with E-state index in [2.05, 4.69) is 16.0 Å². The first-order valence-corrected chi connectivity index (χ1v) is 7.52. The van der Waals surface area contributed by atoms with Gasteiger partial charge in [0.15, 0.2) is 0 Å². The van der Waals surface area contributed by atoms with Crippen molar-refractivity contribution in [2.24, 2.45) is 0 Å². The first-order chi connectivity index (χ1) is 12.0. The molecule has 3 rings (SSSR count). The summed E-state index contributed by atoms with van der Waals surface area (Å²) in [5, 5.41) is 20.8. The lowest BCUT2D eigenvalue weighted by Crippen LogP contribution is -2.11. The Kier molecular flexibility index (Phi) is 4.18. The molecule has 124 valence electrons. The molecule has 2 aromatic carbocycles. The van der Waals surface area contributed by atoms with Crippen molar-refractivity contribution >= 4 is 34.1 Å². The number of nitrogens with zero attached hydrogens (tertiary/aromatic N) is 4. The van der Waals surface area contributed by atoms with Gasteiger partial charge in [0.05, 0.1) is 21.5 Å². The van der Waals surface area contributed by atoms with Crippen molar-refractivity contribution in [1.29, 1.82) is 5.26 Å². The Bertz CT molecular complexity index is 994. The zero-order chi connectivity index (χ0) is 18.0. The van der Waals surface area contributed by atoms with Gasteiger partial charge in [-0.2, -0.15) is 5.26 Å². The Hall–Kier alpha value is -3.66. The number of para-hydroxylation sites is 2. The molecule has 0 spiro atoms. The van der Waals surface area contributed by atoms with Crippen molar-refractivity contribution in [3.8, 4) is 6.07 Å². The highest BCUT2D eigenvalue weighted by Gasteiger charge is 2.16. The van der Waals surface area contributed by atoms with Gasteiger partial charge in [0, 0.05) is 20.2 Å². The van der Waals surface area contributed by atoms with Crippen molar-refractivity contribution in [3.63, 3.8) is 0 Å². The summed E-state index contributed by atoms with van der Waals surface area (Å²) in [6.07, 6.45) is 1.59. The minimum Gasteiger partial charge on any atom is -0.372 e. The molecule has 0 radical (unpaired) electrons. The van der Waals surface area contributed by atoms with Gasteiger partial charge in [0.1, 0.15) is 17.6 Å². The van der Waals surface area contributed by atoms with E-state index in [1.165, 1.54) is 6.07 Å². The van der Waals surface area contributed by atoms with E-state index in [0.717, 1.165) is 11.0 Å². The van der Waals surface area contributed by atoms with E-state index in [1.807, 2.05) is 24.3 Å². The highest BCUT2D eigenvalue weighted by Crippen LogP contribution is 2.29. The molecule has 0 unspecified atom stereocenters. The second-order valence-corrected chi connectivity index (χ2v) is 5.67. The number of benzene rings is 2. The number of anilines is 1. The predicted octanol–water partition coefficient (Wildman–Crippen LogP) is 3.60. The molecule has 7 nitrogen and oxygen atoms in total. The Morgan fingerprint density at radius 3 is 2.72 bits per heavy atom. The standard InChI is InChI=1S/C18H15N5O2/c1-22(2)16-8-7-12(10-17(16)23(24)25)9-13(11-19)18-20-14-5-3-4-6-15(14)21-18/h3-10H,1-2H3,(H,20,21)/b13-9+. The average molecular weight is 333 g/mol. The van der Waals surface area contributed by atoms with E-state index in [4.69, 9.17) is 0 Å². The lowest BCUT2D eigenvalue weighted by atomic mass is 10.1. The molecule has 0 amide bonds. The second kappa shape index (κ2) is 6.45. The van der Waals surface area contributed by atoms with Crippen LogP contribution in [-0.4, -0.2) is 29.0 Å². The van der Waals surface area contributed by atoms with Crippen LogP contribution in [0.15, 0.2) is 42.5 Å². The summed E-state index contributed by atoms with van der Waals surface area (Å²) in [6, 6.07) is 14.4. The van der Waals surface area contributed by atoms with Gasteiger partial charge in [-0.25, -0.2) is 4.98 Å². The maximum absolute atomic E-state index is 11.3. The quantitative estimate of drug-likeness (QED) is 0.447. The van der Waals surface area contributed by atoms with Crippen LogP contribution in [0.4, 0.5) is 11.4 Å². The van der Waals surface area contributed by atoms with E-state index in [0.29, 0.717) is 22.6 Å². The van der Waals surface area contributed by atoms with Crippen molar-refractivity contribution in [2.45, 2.75) is 0 Å². The normalized spacial score (nSPS) is 11.3. The largest absolute Gasteiger partial charge is 0.372 e. The van der Waals surface area contributed by atoms with Crippen LogP contribution in [0.1, 0.15) is 11.4 Å². The van der Waals surface area contributed by atoms with Crippen molar-refractivity contribution in [3.05, 3.63) is 64.0 Å². The molecule has 3 aromatic rings. The number of nitrogens with one attached hydrogen (secondary N) is 1. The van der Waals surface area contributed by atoms with Crippen LogP contribution in [0.3, 0.4) is 0 Å². The summed E-state index contributed by atoms with van der Waals surface area (Å²) in [5.74, 6) is 0.433. The number of rotatable bonds is 4. The molecule has 25 heavy (non-hydrogen) atoms. The number of hydrogen-bond donors (Lipinski definition) is 1. The van der Waals surface area contributed by atoms with Crippen LogP contribution in [0, 0.1) is 21.4 Å². The van der Waals surface area contributed by atoms with E-state index in [9.17, 15) is 15.4 Å². The molecule has 0 saturated carbocycles. The third-order valence-corrected chi connectivity index (χ3v) is 3.75. The number of nitro benzene ring substituents is 1. The summed E-state index contributed by atoms with van der Waals surface area (Å²) >= 11 is 0. The highest BCUT2D eigenvalue weighted by atomic mass is 16.6. The maximum atomic E-state index is 11.3. The van der Waals surface area contributed by atoms with E-state index in [1.54, 1.807) is 37.2 Å². The predicted molar refractivity (Wildman–Crippen MR) is 97.0 cm³/mol. The van der Waals surface area contributed by atoms with Gasteiger partial charge in [-0.15, -0.1) is 0 Å². The molecule has 0 bridgehead atoms.